The van der Waals surface area contributed by atoms with Crippen molar-refractivity contribution in [1.82, 2.24) is 10.4 Å². The third-order valence-corrected chi connectivity index (χ3v) is 1.49. The summed E-state index contributed by atoms with van der Waals surface area (Å²) in [6, 6.07) is 0. The third-order valence-electron chi connectivity index (χ3n) is 0.865. The first-order valence-electron chi connectivity index (χ1n) is 2.42. The molecule has 0 amide bonds. The summed E-state index contributed by atoms with van der Waals surface area (Å²) in [7, 11) is 1.87. The molecule has 0 aromatic heterocycles. The Morgan fingerprint density at radius 3 is 2.89 bits per heavy atom. The highest BCUT2D eigenvalue weighted by Gasteiger charge is 2.01. The quantitative estimate of drug-likeness (QED) is 0.612. The molecule has 0 aromatic carbocycles. The summed E-state index contributed by atoms with van der Waals surface area (Å²) in [5.41, 5.74) is 2.86. The van der Waals surface area contributed by atoms with Gasteiger partial charge < -0.3 is 0 Å². The molecule has 1 N–H and O–H groups in total. The van der Waals surface area contributed by atoms with E-state index in [4.69, 9.17) is 11.6 Å². The number of halogens is 2. The van der Waals surface area contributed by atoms with Crippen LogP contribution in [0.1, 0.15) is 0 Å². The lowest BCUT2D eigenvalue weighted by molar-refractivity contribution is 0.375. The van der Waals surface area contributed by atoms with Gasteiger partial charge in [0.25, 0.3) is 0 Å². The zero-order valence-corrected chi connectivity index (χ0v) is 7.20. The Kier molecular flexibility index (Phi) is 2.03. The van der Waals surface area contributed by atoms with Gasteiger partial charge in [-0.3, -0.25) is 10.4 Å². The van der Waals surface area contributed by atoms with Crippen molar-refractivity contribution >= 4 is 27.5 Å². The van der Waals surface area contributed by atoms with E-state index in [-0.39, 0.29) is 0 Å². The SMILES string of the molecule is CN1C=C(Br)C=C(Cl)N1. The van der Waals surface area contributed by atoms with Gasteiger partial charge in [0.2, 0.25) is 0 Å². The predicted octanol–water partition coefficient (Wildman–Crippen LogP) is 1.75. The fourth-order valence-electron chi connectivity index (χ4n) is 0.576. The predicted molar refractivity (Wildman–Crippen MR) is 41.8 cm³/mol. The Bertz CT molecular complexity index is 176. The van der Waals surface area contributed by atoms with Crippen molar-refractivity contribution in [2.24, 2.45) is 0 Å². The van der Waals surface area contributed by atoms with E-state index in [1.807, 2.05) is 13.2 Å². The molecule has 9 heavy (non-hydrogen) atoms. The van der Waals surface area contributed by atoms with Crippen LogP contribution in [0.3, 0.4) is 0 Å². The van der Waals surface area contributed by atoms with E-state index in [0.717, 1.165) is 4.48 Å². The number of rotatable bonds is 0. The standard InChI is InChI=1S/C5H6BrClN2/c1-9-3-4(6)2-5(7)8-9/h2-3,8H,1H3. The van der Waals surface area contributed by atoms with Crippen LogP contribution in [0.25, 0.3) is 0 Å². The third kappa shape index (κ3) is 1.91. The minimum atomic E-state index is 0.617. The zero-order chi connectivity index (χ0) is 6.85. The molecular weight excluding hydrogens is 203 g/mol. The van der Waals surface area contributed by atoms with E-state index in [9.17, 15) is 0 Å². The maximum absolute atomic E-state index is 5.64. The number of nitrogens with one attached hydrogen (secondary N) is 1. The molecule has 0 atom stereocenters. The molecule has 0 saturated carbocycles. The summed E-state index contributed by atoms with van der Waals surface area (Å²) in [6.45, 7) is 0. The highest BCUT2D eigenvalue weighted by Crippen LogP contribution is 2.15. The van der Waals surface area contributed by atoms with E-state index < -0.39 is 0 Å². The Morgan fingerprint density at radius 1 is 1.78 bits per heavy atom. The lowest BCUT2D eigenvalue weighted by Crippen LogP contribution is -2.29. The summed E-state index contributed by atoms with van der Waals surface area (Å²) in [6.07, 6.45) is 3.67. The second kappa shape index (κ2) is 2.62. The number of hydrazine groups is 1. The van der Waals surface area contributed by atoms with E-state index in [1.165, 1.54) is 0 Å². The van der Waals surface area contributed by atoms with Crippen LogP contribution in [0, 0.1) is 0 Å². The summed E-state index contributed by atoms with van der Waals surface area (Å²) < 4.78 is 0.966. The van der Waals surface area contributed by atoms with Crippen LogP contribution >= 0.6 is 27.5 Å². The van der Waals surface area contributed by atoms with E-state index in [2.05, 4.69) is 21.4 Å². The van der Waals surface area contributed by atoms with Crippen LogP contribution < -0.4 is 5.43 Å². The lowest BCUT2D eigenvalue weighted by atomic mass is 10.5. The van der Waals surface area contributed by atoms with Crippen molar-refractivity contribution in [2.45, 2.75) is 0 Å². The van der Waals surface area contributed by atoms with Gasteiger partial charge >= 0.3 is 0 Å². The lowest BCUT2D eigenvalue weighted by Gasteiger charge is -2.19. The van der Waals surface area contributed by atoms with Gasteiger partial charge in [0.15, 0.2) is 0 Å². The van der Waals surface area contributed by atoms with Gasteiger partial charge in [0.1, 0.15) is 5.16 Å². The molecular formula is C5H6BrClN2. The highest BCUT2D eigenvalue weighted by molar-refractivity contribution is 9.11. The van der Waals surface area contributed by atoms with Crippen molar-refractivity contribution in [2.75, 3.05) is 7.05 Å². The molecule has 50 valence electrons. The molecule has 2 nitrogen and oxygen atoms in total. The Hall–Kier alpha value is -0.150. The maximum Gasteiger partial charge on any atom is 0.122 e. The largest absolute Gasteiger partial charge is 0.296 e. The van der Waals surface area contributed by atoms with Crippen LogP contribution in [0.5, 0.6) is 0 Å². The smallest absolute Gasteiger partial charge is 0.122 e. The van der Waals surface area contributed by atoms with Crippen LogP contribution in [0.15, 0.2) is 21.9 Å². The van der Waals surface area contributed by atoms with Crippen molar-refractivity contribution < 1.29 is 0 Å². The summed E-state index contributed by atoms with van der Waals surface area (Å²) >= 11 is 8.93. The molecule has 1 aliphatic heterocycles. The van der Waals surface area contributed by atoms with Crippen molar-refractivity contribution in [3.05, 3.63) is 21.9 Å². The number of nitrogens with zero attached hydrogens (tertiary/aromatic N) is 1. The van der Waals surface area contributed by atoms with Gasteiger partial charge in [0, 0.05) is 17.7 Å². The van der Waals surface area contributed by atoms with E-state index in [1.54, 1.807) is 11.1 Å². The van der Waals surface area contributed by atoms with Gasteiger partial charge in [-0.05, 0) is 22.0 Å². The Morgan fingerprint density at radius 2 is 2.44 bits per heavy atom. The summed E-state index contributed by atoms with van der Waals surface area (Å²) in [5, 5.41) is 2.39. The van der Waals surface area contributed by atoms with Gasteiger partial charge in [-0.15, -0.1) is 0 Å². The average molecular weight is 209 g/mol. The molecule has 0 aromatic rings. The molecule has 0 bridgehead atoms. The molecule has 0 radical (unpaired) electrons. The van der Waals surface area contributed by atoms with Crippen molar-refractivity contribution in [1.29, 1.82) is 0 Å². The monoisotopic (exact) mass is 208 g/mol. The van der Waals surface area contributed by atoms with Crippen LogP contribution in [-0.2, 0) is 0 Å². The first kappa shape index (κ1) is 6.96. The molecule has 0 aliphatic carbocycles. The first-order chi connectivity index (χ1) is 4.18. The van der Waals surface area contributed by atoms with E-state index >= 15 is 0 Å². The number of hydrogen-bond acceptors (Lipinski definition) is 2. The minimum absolute atomic E-state index is 0.617. The maximum atomic E-state index is 5.64. The molecule has 0 spiro atoms. The number of allylic oxidation sites excluding steroid dienone is 2. The first-order valence-corrected chi connectivity index (χ1v) is 3.59. The fraction of sp³-hybridized carbons (Fsp3) is 0.200. The van der Waals surface area contributed by atoms with Crippen molar-refractivity contribution in [3.63, 3.8) is 0 Å². The minimum Gasteiger partial charge on any atom is -0.296 e. The molecule has 1 heterocycles. The Labute approximate surface area is 67.3 Å². The van der Waals surface area contributed by atoms with Crippen LogP contribution in [0.4, 0.5) is 0 Å². The molecule has 1 aliphatic rings. The van der Waals surface area contributed by atoms with Crippen molar-refractivity contribution in [3.8, 4) is 0 Å². The molecule has 4 heteroatoms. The topological polar surface area (TPSA) is 15.3 Å². The van der Waals surface area contributed by atoms with Crippen LogP contribution in [0.2, 0.25) is 0 Å². The normalized spacial score (nSPS) is 18.3. The van der Waals surface area contributed by atoms with Crippen LogP contribution in [-0.4, -0.2) is 12.1 Å². The second-order valence-electron chi connectivity index (χ2n) is 1.73. The molecule has 0 unspecified atom stereocenters. The highest BCUT2D eigenvalue weighted by atomic mass is 79.9. The summed E-state index contributed by atoms with van der Waals surface area (Å²) in [4.78, 5) is 0. The van der Waals surface area contributed by atoms with Gasteiger partial charge in [-0.1, -0.05) is 11.6 Å². The number of hydrogen-bond donors (Lipinski definition) is 1. The van der Waals surface area contributed by atoms with Gasteiger partial charge in [-0.25, -0.2) is 0 Å². The van der Waals surface area contributed by atoms with Gasteiger partial charge in [-0.2, -0.15) is 0 Å². The molecule has 0 fully saturated rings. The zero-order valence-electron chi connectivity index (χ0n) is 4.86. The molecule has 1 rings (SSSR count). The van der Waals surface area contributed by atoms with Gasteiger partial charge in [0.05, 0.1) is 0 Å². The second-order valence-corrected chi connectivity index (χ2v) is 3.05. The fourth-order valence-corrected chi connectivity index (χ4v) is 1.50. The molecule has 0 saturated heterocycles. The van der Waals surface area contributed by atoms with E-state index in [0.29, 0.717) is 5.16 Å². The average Bonchev–Trinajstić information content (AvgIpc) is 1.59. The summed E-state index contributed by atoms with van der Waals surface area (Å²) in [5.74, 6) is 0. The Balaban J connectivity index is 2.74.